The van der Waals surface area contributed by atoms with Crippen molar-refractivity contribution in [2.75, 3.05) is 0 Å². The van der Waals surface area contributed by atoms with Crippen LogP contribution in [0.25, 0.3) is 16.8 Å². The number of pyridine rings is 1. The van der Waals surface area contributed by atoms with Gasteiger partial charge < -0.3 is 5.32 Å². The number of nitrogens with one attached hydrogen (secondary N) is 2. The molecule has 4 aromatic rings. The minimum absolute atomic E-state index is 0.0772. The quantitative estimate of drug-likeness (QED) is 0.563. The van der Waals surface area contributed by atoms with Crippen molar-refractivity contribution >= 4 is 5.65 Å². The Balaban J connectivity index is 1.48. The summed E-state index contributed by atoms with van der Waals surface area (Å²) in [5, 5.41) is 15.3. The Kier molecular flexibility index (Phi) is 4.70. The highest BCUT2D eigenvalue weighted by atomic mass is 16.1. The zero-order valence-corrected chi connectivity index (χ0v) is 15.3. The van der Waals surface area contributed by atoms with Crippen molar-refractivity contribution in [3.63, 3.8) is 0 Å². The second kappa shape index (κ2) is 7.47. The van der Waals surface area contributed by atoms with Crippen LogP contribution < -0.4 is 10.9 Å². The minimum atomic E-state index is -0.238. The van der Waals surface area contributed by atoms with Gasteiger partial charge in [-0.3, -0.25) is 14.9 Å². The van der Waals surface area contributed by atoms with Crippen LogP contribution in [0.2, 0.25) is 0 Å². The normalized spacial score (nSPS) is 12.0. The Morgan fingerprint density at radius 3 is 2.61 bits per heavy atom. The summed E-state index contributed by atoms with van der Waals surface area (Å²) >= 11 is 0. The molecule has 4 rings (SSSR count). The minimum Gasteiger partial charge on any atom is -0.305 e. The molecular weight excluding hydrogens is 352 g/mol. The first-order chi connectivity index (χ1) is 13.7. The van der Waals surface area contributed by atoms with Crippen molar-refractivity contribution in [1.29, 1.82) is 5.26 Å². The van der Waals surface area contributed by atoms with Gasteiger partial charge in [-0.05, 0) is 35.7 Å². The maximum atomic E-state index is 12.2. The first kappa shape index (κ1) is 17.6. The average Bonchev–Trinajstić information content (AvgIpc) is 3.16. The molecular formula is C21H18N6O. The van der Waals surface area contributed by atoms with E-state index in [0.29, 0.717) is 23.4 Å². The van der Waals surface area contributed by atoms with E-state index in [4.69, 9.17) is 5.26 Å². The third-order valence-electron chi connectivity index (χ3n) is 4.68. The molecule has 1 aromatic carbocycles. The largest absolute Gasteiger partial charge is 0.305 e. The van der Waals surface area contributed by atoms with Gasteiger partial charge in [0.1, 0.15) is 11.6 Å². The monoisotopic (exact) mass is 370 g/mol. The fraction of sp³-hybridized carbons (Fsp3) is 0.143. The summed E-state index contributed by atoms with van der Waals surface area (Å²) in [6, 6.07) is 15.9. The van der Waals surface area contributed by atoms with Crippen molar-refractivity contribution in [2.24, 2.45) is 0 Å². The molecule has 0 aliphatic heterocycles. The third kappa shape index (κ3) is 3.41. The number of hydrogen-bond acceptors (Lipinski definition) is 5. The summed E-state index contributed by atoms with van der Waals surface area (Å²) in [6.07, 6.45) is 5.04. The van der Waals surface area contributed by atoms with Gasteiger partial charge >= 0.3 is 0 Å². The molecule has 0 saturated heterocycles. The number of H-pyrrole nitrogens is 1. The van der Waals surface area contributed by atoms with Crippen LogP contribution in [-0.4, -0.2) is 19.6 Å². The summed E-state index contributed by atoms with van der Waals surface area (Å²) in [6.45, 7) is 2.49. The van der Waals surface area contributed by atoms with Crippen LogP contribution in [0.1, 0.15) is 29.8 Å². The van der Waals surface area contributed by atoms with Gasteiger partial charge in [-0.1, -0.05) is 24.3 Å². The lowest BCUT2D eigenvalue weighted by Gasteiger charge is -2.14. The van der Waals surface area contributed by atoms with Crippen LogP contribution in [0.15, 0.2) is 65.8 Å². The lowest BCUT2D eigenvalue weighted by molar-refractivity contribution is 0.567. The summed E-state index contributed by atoms with van der Waals surface area (Å²) in [5.41, 5.74) is 4.45. The van der Waals surface area contributed by atoms with Crippen LogP contribution in [0, 0.1) is 11.3 Å². The van der Waals surface area contributed by atoms with E-state index in [0.717, 1.165) is 16.7 Å². The van der Waals surface area contributed by atoms with E-state index in [-0.39, 0.29) is 11.6 Å². The Hall–Kier alpha value is -3.76. The van der Waals surface area contributed by atoms with Crippen molar-refractivity contribution in [1.82, 2.24) is 24.9 Å². The van der Waals surface area contributed by atoms with E-state index >= 15 is 0 Å². The number of aromatic nitrogens is 4. The Morgan fingerprint density at radius 1 is 1.18 bits per heavy atom. The highest BCUT2D eigenvalue weighted by molar-refractivity contribution is 5.63. The lowest BCUT2D eigenvalue weighted by Crippen LogP contribution is -2.22. The van der Waals surface area contributed by atoms with E-state index in [9.17, 15) is 4.79 Å². The molecule has 3 heterocycles. The fourth-order valence-corrected chi connectivity index (χ4v) is 3.09. The predicted octanol–water partition coefficient (Wildman–Crippen LogP) is 2.81. The molecule has 0 fully saturated rings. The molecule has 0 saturated carbocycles. The highest BCUT2D eigenvalue weighted by Crippen LogP contribution is 2.21. The summed E-state index contributed by atoms with van der Waals surface area (Å²) in [4.78, 5) is 20.6. The molecule has 0 aliphatic carbocycles. The molecule has 1 atom stereocenters. The van der Waals surface area contributed by atoms with Crippen molar-refractivity contribution in [3.8, 4) is 17.2 Å². The standard InChI is InChI=1S/C21H18N6O/c1-14(15-2-4-16(5-3-15)17-6-8-23-9-7-17)24-13-19-10-20(28)27-21(26-19)18(11-22)12-25-27/h2-10,12,14,24-25H,13H2,1H3. The molecule has 1 unspecified atom stereocenters. The fourth-order valence-electron chi connectivity index (χ4n) is 3.09. The van der Waals surface area contributed by atoms with Crippen LogP contribution in [0.4, 0.5) is 0 Å². The molecule has 7 nitrogen and oxygen atoms in total. The number of rotatable bonds is 5. The van der Waals surface area contributed by atoms with Crippen molar-refractivity contribution < 1.29 is 0 Å². The van der Waals surface area contributed by atoms with Crippen LogP contribution in [0.5, 0.6) is 0 Å². The van der Waals surface area contributed by atoms with E-state index in [1.54, 1.807) is 12.4 Å². The number of aromatic amines is 1. The number of nitrogens with zero attached hydrogens (tertiary/aromatic N) is 4. The van der Waals surface area contributed by atoms with E-state index in [1.165, 1.54) is 16.8 Å². The summed E-state index contributed by atoms with van der Waals surface area (Å²) < 4.78 is 1.27. The summed E-state index contributed by atoms with van der Waals surface area (Å²) in [5.74, 6) is 0. The van der Waals surface area contributed by atoms with E-state index < -0.39 is 0 Å². The molecule has 0 spiro atoms. The second-order valence-electron chi connectivity index (χ2n) is 6.50. The molecule has 3 aromatic heterocycles. The summed E-state index contributed by atoms with van der Waals surface area (Å²) in [7, 11) is 0. The van der Waals surface area contributed by atoms with Gasteiger partial charge in [0, 0.05) is 37.2 Å². The Labute approximate surface area is 161 Å². The topological polar surface area (TPSA) is 98.9 Å². The molecule has 0 aliphatic rings. The number of fused-ring (bicyclic) bond motifs is 1. The van der Waals surface area contributed by atoms with E-state index in [1.807, 2.05) is 18.2 Å². The lowest BCUT2D eigenvalue weighted by atomic mass is 10.0. The van der Waals surface area contributed by atoms with Gasteiger partial charge in [0.05, 0.1) is 5.69 Å². The number of nitriles is 1. The molecule has 0 bridgehead atoms. The smallest absolute Gasteiger partial charge is 0.272 e. The van der Waals surface area contributed by atoms with E-state index in [2.05, 4.69) is 51.6 Å². The maximum Gasteiger partial charge on any atom is 0.272 e. The van der Waals surface area contributed by atoms with Crippen LogP contribution >= 0.6 is 0 Å². The molecule has 0 amide bonds. The van der Waals surface area contributed by atoms with Gasteiger partial charge in [-0.25, -0.2) is 9.50 Å². The maximum absolute atomic E-state index is 12.2. The van der Waals surface area contributed by atoms with Crippen molar-refractivity contribution in [3.05, 3.63) is 88.2 Å². The molecule has 0 radical (unpaired) electrons. The van der Waals surface area contributed by atoms with Crippen LogP contribution in [-0.2, 0) is 6.54 Å². The zero-order valence-electron chi connectivity index (χ0n) is 15.3. The van der Waals surface area contributed by atoms with Crippen LogP contribution in [0.3, 0.4) is 0 Å². The Bertz CT molecular complexity index is 1200. The van der Waals surface area contributed by atoms with Gasteiger partial charge in [0.15, 0.2) is 5.65 Å². The average molecular weight is 370 g/mol. The molecule has 28 heavy (non-hydrogen) atoms. The Morgan fingerprint density at radius 2 is 1.89 bits per heavy atom. The number of benzene rings is 1. The first-order valence-corrected chi connectivity index (χ1v) is 8.89. The molecule has 2 N–H and O–H groups in total. The van der Waals surface area contributed by atoms with Gasteiger partial charge in [-0.15, -0.1) is 0 Å². The number of hydrogen-bond donors (Lipinski definition) is 2. The SMILES string of the molecule is CC(NCc1cc(=O)n2[nH]cc(C#N)c2n1)c1ccc(-c2ccncc2)cc1. The highest BCUT2D eigenvalue weighted by Gasteiger charge is 2.10. The molecule has 138 valence electrons. The predicted molar refractivity (Wildman–Crippen MR) is 105 cm³/mol. The molecule has 7 heteroatoms. The van der Waals surface area contributed by atoms with Gasteiger partial charge in [0.25, 0.3) is 5.56 Å². The van der Waals surface area contributed by atoms with Crippen molar-refractivity contribution in [2.45, 2.75) is 19.5 Å². The second-order valence-corrected chi connectivity index (χ2v) is 6.50. The zero-order chi connectivity index (χ0) is 19.5. The third-order valence-corrected chi connectivity index (χ3v) is 4.68. The van der Waals surface area contributed by atoms with Gasteiger partial charge in [0.2, 0.25) is 0 Å². The van der Waals surface area contributed by atoms with Gasteiger partial charge in [-0.2, -0.15) is 5.26 Å². The first-order valence-electron chi connectivity index (χ1n) is 8.89.